The molecule has 0 atom stereocenters. The van der Waals surface area contributed by atoms with Crippen molar-refractivity contribution in [3.63, 3.8) is 0 Å². The summed E-state index contributed by atoms with van der Waals surface area (Å²) in [5.74, 6) is -0.207. The van der Waals surface area contributed by atoms with E-state index in [-0.39, 0.29) is 18.2 Å². The molecule has 0 spiro atoms. The molecule has 0 amide bonds. The standard InChI is InChI=1S/C18H22N2O2.C5H8/c1-2-3-6-17(20)18(21)12-11-16-9-7-15(8-10-16)5-4-13-22-14-19;1-3-5-4-2/h2-12H,13-14,19-20H2,1H3;3-5H,1H2,2H3/b3-2-,5-4+,12-11+,17-6-;5-4-. The number of ether oxygens (including phenoxy) is 1. The summed E-state index contributed by atoms with van der Waals surface area (Å²) < 4.78 is 5.01. The number of allylic oxidation sites excluding steroid dienone is 7. The molecule has 27 heavy (non-hydrogen) atoms. The van der Waals surface area contributed by atoms with Crippen LogP contribution in [0.2, 0.25) is 0 Å². The average Bonchev–Trinajstić information content (AvgIpc) is 2.69. The van der Waals surface area contributed by atoms with E-state index in [9.17, 15) is 4.79 Å². The van der Waals surface area contributed by atoms with Crippen LogP contribution < -0.4 is 11.5 Å². The van der Waals surface area contributed by atoms with E-state index in [4.69, 9.17) is 16.2 Å². The molecule has 0 fully saturated rings. The van der Waals surface area contributed by atoms with E-state index in [0.29, 0.717) is 6.61 Å². The molecular weight excluding hydrogens is 336 g/mol. The number of carbonyl (C=O) groups excluding carboxylic acids is 1. The van der Waals surface area contributed by atoms with Crippen molar-refractivity contribution >= 4 is 17.9 Å². The average molecular weight is 367 g/mol. The van der Waals surface area contributed by atoms with Gasteiger partial charge in [0.15, 0.2) is 0 Å². The molecule has 0 saturated heterocycles. The monoisotopic (exact) mass is 366 g/mol. The molecule has 0 aliphatic rings. The van der Waals surface area contributed by atoms with Gasteiger partial charge >= 0.3 is 0 Å². The van der Waals surface area contributed by atoms with Crippen LogP contribution in [0.3, 0.4) is 0 Å². The topological polar surface area (TPSA) is 78.3 Å². The van der Waals surface area contributed by atoms with Gasteiger partial charge in [0.2, 0.25) is 5.78 Å². The number of hydrogen-bond acceptors (Lipinski definition) is 4. The van der Waals surface area contributed by atoms with E-state index >= 15 is 0 Å². The summed E-state index contributed by atoms with van der Waals surface area (Å²) >= 11 is 0. The van der Waals surface area contributed by atoms with Crippen LogP contribution in [0.5, 0.6) is 0 Å². The first kappa shape index (κ1) is 24.1. The maximum Gasteiger partial charge on any atom is 0.201 e. The van der Waals surface area contributed by atoms with Crippen molar-refractivity contribution in [3.8, 4) is 0 Å². The fourth-order valence-electron chi connectivity index (χ4n) is 1.72. The summed E-state index contributed by atoms with van der Waals surface area (Å²) in [4.78, 5) is 11.7. The molecule has 4 nitrogen and oxygen atoms in total. The quantitative estimate of drug-likeness (QED) is 0.294. The van der Waals surface area contributed by atoms with E-state index < -0.39 is 0 Å². The molecule has 0 saturated carbocycles. The smallest absolute Gasteiger partial charge is 0.201 e. The minimum atomic E-state index is -0.207. The SMILES string of the molecule is C/C=C\C=C(/N)C(=O)/C=C/c1ccc(/C=C/COCN)cc1.C=C/C=C\C. The van der Waals surface area contributed by atoms with E-state index in [1.54, 1.807) is 24.3 Å². The van der Waals surface area contributed by atoms with Crippen molar-refractivity contribution in [1.29, 1.82) is 0 Å². The first-order valence-corrected chi connectivity index (χ1v) is 8.68. The highest BCUT2D eigenvalue weighted by molar-refractivity contribution is 6.05. The largest absolute Gasteiger partial charge is 0.396 e. The fraction of sp³-hybridized carbons (Fsp3) is 0.174. The molecule has 0 heterocycles. The summed E-state index contributed by atoms with van der Waals surface area (Å²) in [6, 6.07) is 7.78. The maximum absolute atomic E-state index is 11.7. The highest BCUT2D eigenvalue weighted by Crippen LogP contribution is 2.08. The lowest BCUT2D eigenvalue weighted by Gasteiger charge is -1.97. The number of ketones is 1. The third kappa shape index (κ3) is 13.0. The van der Waals surface area contributed by atoms with Gasteiger partial charge in [0.25, 0.3) is 0 Å². The lowest BCUT2D eigenvalue weighted by Crippen LogP contribution is -2.07. The van der Waals surface area contributed by atoms with Gasteiger partial charge in [-0.2, -0.15) is 0 Å². The zero-order chi connectivity index (χ0) is 20.3. The third-order valence-corrected chi connectivity index (χ3v) is 3.09. The molecule has 1 rings (SSSR count). The summed E-state index contributed by atoms with van der Waals surface area (Å²) in [5.41, 5.74) is 13.1. The van der Waals surface area contributed by atoms with Crippen LogP contribution in [0.4, 0.5) is 0 Å². The van der Waals surface area contributed by atoms with Gasteiger partial charge in [-0.05, 0) is 37.1 Å². The Hall–Kier alpha value is -2.95. The van der Waals surface area contributed by atoms with Gasteiger partial charge in [-0.3, -0.25) is 4.79 Å². The molecule has 0 aromatic heterocycles. The minimum absolute atomic E-state index is 0.207. The predicted molar refractivity (Wildman–Crippen MR) is 117 cm³/mol. The van der Waals surface area contributed by atoms with Crippen LogP contribution in [0.25, 0.3) is 12.2 Å². The fourth-order valence-corrected chi connectivity index (χ4v) is 1.72. The van der Waals surface area contributed by atoms with Crippen molar-refractivity contribution < 1.29 is 9.53 Å². The van der Waals surface area contributed by atoms with Gasteiger partial charge < -0.3 is 16.2 Å². The second-order valence-electron chi connectivity index (χ2n) is 5.21. The maximum atomic E-state index is 11.7. The highest BCUT2D eigenvalue weighted by Gasteiger charge is 1.98. The van der Waals surface area contributed by atoms with Crippen molar-refractivity contribution in [2.24, 2.45) is 11.5 Å². The normalized spacial score (nSPS) is 12.0. The van der Waals surface area contributed by atoms with E-state index in [1.807, 2.05) is 68.5 Å². The Balaban J connectivity index is 0.00000119. The van der Waals surface area contributed by atoms with Crippen LogP contribution in [-0.4, -0.2) is 19.1 Å². The van der Waals surface area contributed by atoms with E-state index in [1.165, 1.54) is 6.08 Å². The molecule has 4 heteroatoms. The summed E-state index contributed by atoms with van der Waals surface area (Å²) in [6.07, 6.45) is 17.8. The van der Waals surface area contributed by atoms with Crippen LogP contribution in [0, 0.1) is 0 Å². The highest BCUT2D eigenvalue weighted by atomic mass is 16.5. The van der Waals surface area contributed by atoms with Gasteiger partial charge in [-0.15, -0.1) is 0 Å². The second kappa shape index (κ2) is 16.5. The van der Waals surface area contributed by atoms with Gasteiger partial charge in [0.1, 0.15) is 0 Å². The van der Waals surface area contributed by atoms with E-state index in [0.717, 1.165) is 11.1 Å². The van der Waals surface area contributed by atoms with Gasteiger partial charge in [0.05, 0.1) is 19.0 Å². The molecule has 0 unspecified atom stereocenters. The molecule has 4 N–H and O–H groups in total. The first-order valence-electron chi connectivity index (χ1n) is 8.68. The summed E-state index contributed by atoms with van der Waals surface area (Å²) in [5, 5.41) is 0. The Morgan fingerprint density at radius 1 is 1.07 bits per heavy atom. The Kier molecular flexibility index (Phi) is 14.7. The van der Waals surface area contributed by atoms with Crippen molar-refractivity contribution in [1.82, 2.24) is 0 Å². The molecule has 144 valence electrons. The number of rotatable bonds is 9. The summed E-state index contributed by atoms with van der Waals surface area (Å²) in [6.45, 7) is 7.99. The number of hydrogen-bond donors (Lipinski definition) is 2. The van der Waals surface area contributed by atoms with Crippen LogP contribution in [-0.2, 0) is 9.53 Å². The second-order valence-corrected chi connectivity index (χ2v) is 5.21. The van der Waals surface area contributed by atoms with Crippen molar-refractivity contribution in [2.75, 3.05) is 13.3 Å². The van der Waals surface area contributed by atoms with Crippen LogP contribution >= 0.6 is 0 Å². The zero-order valence-corrected chi connectivity index (χ0v) is 16.2. The number of benzene rings is 1. The lowest BCUT2D eigenvalue weighted by molar-refractivity contribution is -0.111. The van der Waals surface area contributed by atoms with Crippen LogP contribution in [0.1, 0.15) is 25.0 Å². The van der Waals surface area contributed by atoms with Crippen LogP contribution in [0.15, 0.2) is 85.1 Å². The molecule has 0 aliphatic heterocycles. The number of nitrogens with two attached hydrogens (primary N) is 2. The van der Waals surface area contributed by atoms with Gasteiger partial charge in [-0.25, -0.2) is 0 Å². The van der Waals surface area contributed by atoms with E-state index in [2.05, 4.69) is 6.58 Å². The van der Waals surface area contributed by atoms with Crippen molar-refractivity contribution in [2.45, 2.75) is 13.8 Å². The molecule has 0 bridgehead atoms. The third-order valence-electron chi connectivity index (χ3n) is 3.09. The zero-order valence-electron chi connectivity index (χ0n) is 16.2. The van der Waals surface area contributed by atoms with Gasteiger partial charge in [-0.1, -0.05) is 79.5 Å². The molecular formula is C23H30N2O2. The molecule has 1 aromatic rings. The predicted octanol–water partition coefficient (Wildman–Crippen LogP) is 4.38. The summed E-state index contributed by atoms with van der Waals surface area (Å²) in [7, 11) is 0. The first-order chi connectivity index (χ1) is 13.1. The van der Waals surface area contributed by atoms with Crippen molar-refractivity contribution in [3.05, 3.63) is 96.3 Å². The molecule has 0 radical (unpaired) electrons. The Labute approximate surface area is 162 Å². The minimum Gasteiger partial charge on any atom is -0.396 e. The Morgan fingerprint density at radius 3 is 2.15 bits per heavy atom. The number of carbonyl (C=O) groups is 1. The molecule has 0 aliphatic carbocycles. The van der Waals surface area contributed by atoms with Gasteiger partial charge in [0, 0.05) is 0 Å². The lowest BCUT2D eigenvalue weighted by atomic mass is 10.1. The Bertz CT molecular complexity index is 694. The molecule has 1 aromatic carbocycles. The Morgan fingerprint density at radius 2 is 1.67 bits per heavy atom.